The Balaban J connectivity index is 2.08. The van der Waals surface area contributed by atoms with Crippen LogP contribution in [0.1, 0.15) is 37.1 Å². The second-order valence-corrected chi connectivity index (χ2v) is 9.77. The van der Waals surface area contributed by atoms with Crippen molar-refractivity contribution in [2.75, 3.05) is 12.3 Å². The lowest BCUT2D eigenvalue weighted by Crippen LogP contribution is -2.31. The summed E-state index contributed by atoms with van der Waals surface area (Å²) in [5.74, 6) is 1.15. The SMILES string of the molecule is Cc1csc(CNC(C)C)c1S(=O)(=O)NCC1CCCS1. The van der Waals surface area contributed by atoms with E-state index in [4.69, 9.17) is 0 Å². The molecule has 2 rings (SSSR count). The molecule has 1 aromatic heterocycles. The predicted octanol–water partition coefficient (Wildman–Crippen LogP) is 2.73. The summed E-state index contributed by atoms with van der Waals surface area (Å²) < 4.78 is 28.0. The van der Waals surface area contributed by atoms with Crippen LogP contribution in [0.2, 0.25) is 0 Å². The third kappa shape index (κ3) is 4.69. The summed E-state index contributed by atoms with van der Waals surface area (Å²) in [6.07, 6.45) is 2.30. The van der Waals surface area contributed by atoms with Crippen molar-refractivity contribution in [1.29, 1.82) is 0 Å². The molecule has 120 valence electrons. The summed E-state index contributed by atoms with van der Waals surface area (Å²) in [4.78, 5) is 1.37. The molecule has 0 saturated carbocycles. The number of nitrogens with one attached hydrogen (secondary N) is 2. The number of hydrogen-bond acceptors (Lipinski definition) is 5. The summed E-state index contributed by atoms with van der Waals surface area (Å²) in [7, 11) is -3.41. The van der Waals surface area contributed by atoms with Crippen molar-refractivity contribution in [3.63, 3.8) is 0 Å². The molecule has 0 bridgehead atoms. The van der Waals surface area contributed by atoms with E-state index in [2.05, 4.69) is 23.9 Å². The Kier molecular flexibility index (Phi) is 6.14. The monoisotopic (exact) mass is 348 g/mol. The van der Waals surface area contributed by atoms with Crippen molar-refractivity contribution in [2.45, 2.75) is 56.3 Å². The minimum absolute atomic E-state index is 0.339. The van der Waals surface area contributed by atoms with Crippen LogP contribution in [0.4, 0.5) is 0 Å². The van der Waals surface area contributed by atoms with Gasteiger partial charge in [0, 0.05) is 29.3 Å². The van der Waals surface area contributed by atoms with Gasteiger partial charge in [0.15, 0.2) is 0 Å². The summed E-state index contributed by atoms with van der Waals surface area (Å²) in [5.41, 5.74) is 0.840. The Morgan fingerprint density at radius 2 is 2.19 bits per heavy atom. The molecule has 0 spiro atoms. The first-order valence-corrected chi connectivity index (χ1v) is 10.7. The highest BCUT2D eigenvalue weighted by Crippen LogP contribution is 2.28. The predicted molar refractivity (Wildman–Crippen MR) is 91.7 cm³/mol. The van der Waals surface area contributed by atoms with Crippen LogP contribution < -0.4 is 10.0 Å². The van der Waals surface area contributed by atoms with E-state index >= 15 is 0 Å². The molecule has 4 nitrogen and oxygen atoms in total. The van der Waals surface area contributed by atoms with Crippen LogP contribution in [0, 0.1) is 6.92 Å². The zero-order chi connectivity index (χ0) is 15.5. The van der Waals surface area contributed by atoms with Crippen molar-refractivity contribution in [1.82, 2.24) is 10.0 Å². The fourth-order valence-corrected chi connectivity index (χ4v) is 6.49. The average Bonchev–Trinajstić information content (AvgIpc) is 3.03. The average molecular weight is 349 g/mol. The highest BCUT2D eigenvalue weighted by Gasteiger charge is 2.25. The fraction of sp³-hybridized carbons (Fsp3) is 0.714. The number of rotatable bonds is 7. The van der Waals surface area contributed by atoms with Gasteiger partial charge in [-0.2, -0.15) is 11.8 Å². The highest BCUT2D eigenvalue weighted by atomic mass is 32.2. The molecule has 2 N–H and O–H groups in total. The molecule has 0 aliphatic carbocycles. The lowest BCUT2D eigenvalue weighted by Gasteiger charge is -2.13. The van der Waals surface area contributed by atoms with Crippen molar-refractivity contribution < 1.29 is 8.42 Å². The molecule has 0 aromatic carbocycles. The smallest absolute Gasteiger partial charge is 0.242 e. The summed E-state index contributed by atoms with van der Waals surface area (Å²) in [6, 6.07) is 0.339. The molecule has 2 heterocycles. The van der Waals surface area contributed by atoms with Crippen molar-refractivity contribution in [3.8, 4) is 0 Å². The van der Waals surface area contributed by atoms with Gasteiger partial charge in [0.05, 0.1) is 0 Å². The largest absolute Gasteiger partial charge is 0.310 e. The van der Waals surface area contributed by atoms with Gasteiger partial charge in [-0.15, -0.1) is 11.3 Å². The van der Waals surface area contributed by atoms with Crippen LogP contribution >= 0.6 is 23.1 Å². The van der Waals surface area contributed by atoms with Crippen LogP contribution in [-0.2, 0) is 16.6 Å². The number of sulfonamides is 1. The van der Waals surface area contributed by atoms with E-state index in [1.165, 1.54) is 17.8 Å². The third-order valence-corrected chi connectivity index (χ3v) is 7.74. The molecular formula is C14H24N2O2S3. The molecule has 0 radical (unpaired) electrons. The van der Waals surface area contributed by atoms with E-state index in [9.17, 15) is 8.42 Å². The van der Waals surface area contributed by atoms with Gasteiger partial charge in [0.25, 0.3) is 0 Å². The van der Waals surface area contributed by atoms with E-state index < -0.39 is 10.0 Å². The first kappa shape index (κ1) is 17.3. The summed E-state index contributed by atoms with van der Waals surface area (Å²) >= 11 is 3.38. The minimum Gasteiger partial charge on any atom is -0.310 e. The lowest BCUT2D eigenvalue weighted by molar-refractivity contribution is 0.569. The van der Waals surface area contributed by atoms with Gasteiger partial charge in [-0.3, -0.25) is 0 Å². The van der Waals surface area contributed by atoms with E-state index in [-0.39, 0.29) is 0 Å². The van der Waals surface area contributed by atoms with Gasteiger partial charge in [-0.05, 0) is 36.5 Å². The molecule has 7 heteroatoms. The molecule has 21 heavy (non-hydrogen) atoms. The topological polar surface area (TPSA) is 58.2 Å². The van der Waals surface area contributed by atoms with Crippen molar-refractivity contribution >= 4 is 33.1 Å². The fourth-order valence-electron chi connectivity index (χ4n) is 2.35. The third-order valence-electron chi connectivity index (χ3n) is 3.45. The molecule has 1 aromatic rings. The van der Waals surface area contributed by atoms with E-state index in [1.54, 1.807) is 0 Å². The Morgan fingerprint density at radius 3 is 2.81 bits per heavy atom. The molecule has 1 unspecified atom stereocenters. The maximum absolute atomic E-state index is 12.6. The van der Waals surface area contributed by atoms with Gasteiger partial charge in [0.1, 0.15) is 4.90 Å². The number of thioether (sulfide) groups is 1. The van der Waals surface area contributed by atoms with Crippen LogP contribution in [0.15, 0.2) is 10.3 Å². The van der Waals surface area contributed by atoms with Gasteiger partial charge >= 0.3 is 0 Å². The van der Waals surface area contributed by atoms with Gasteiger partial charge in [0.2, 0.25) is 10.0 Å². The van der Waals surface area contributed by atoms with Crippen LogP contribution in [-0.4, -0.2) is 32.0 Å². The Labute approximate surface area is 136 Å². The maximum atomic E-state index is 12.6. The van der Waals surface area contributed by atoms with Crippen LogP contribution in [0.3, 0.4) is 0 Å². The zero-order valence-electron chi connectivity index (χ0n) is 12.8. The van der Waals surface area contributed by atoms with Crippen molar-refractivity contribution in [3.05, 3.63) is 15.8 Å². The Hall–Kier alpha value is -0.0800. The molecule has 1 aliphatic heterocycles. The van der Waals surface area contributed by atoms with E-state index in [1.807, 2.05) is 24.1 Å². The summed E-state index contributed by atoms with van der Waals surface area (Å²) in [5, 5.41) is 5.65. The number of hydrogen-bond donors (Lipinski definition) is 2. The molecule has 1 saturated heterocycles. The zero-order valence-corrected chi connectivity index (χ0v) is 15.3. The first-order valence-electron chi connectivity index (χ1n) is 7.31. The Bertz CT molecular complexity index is 561. The lowest BCUT2D eigenvalue weighted by atomic mass is 10.2. The quantitative estimate of drug-likeness (QED) is 0.795. The molecule has 1 atom stereocenters. The highest BCUT2D eigenvalue weighted by molar-refractivity contribution is 8.00. The van der Waals surface area contributed by atoms with Crippen LogP contribution in [0.5, 0.6) is 0 Å². The Morgan fingerprint density at radius 1 is 1.43 bits per heavy atom. The van der Waals surface area contributed by atoms with Crippen LogP contribution in [0.25, 0.3) is 0 Å². The number of aryl methyl sites for hydroxylation is 1. The first-order chi connectivity index (χ1) is 9.90. The molecule has 1 fully saturated rings. The maximum Gasteiger partial charge on any atom is 0.242 e. The minimum atomic E-state index is -3.41. The standard InChI is InChI=1S/C14H24N2O2S3/c1-10(2)15-8-13-14(11(3)9-20-13)21(17,18)16-7-12-5-4-6-19-12/h9-10,12,15-16H,4-8H2,1-3H3. The van der Waals surface area contributed by atoms with E-state index in [0.29, 0.717) is 29.3 Å². The van der Waals surface area contributed by atoms with Crippen molar-refractivity contribution in [2.24, 2.45) is 0 Å². The van der Waals surface area contributed by atoms with E-state index in [0.717, 1.165) is 22.6 Å². The van der Waals surface area contributed by atoms with Gasteiger partial charge in [-0.1, -0.05) is 13.8 Å². The normalized spacial score (nSPS) is 19.5. The van der Waals surface area contributed by atoms with Gasteiger partial charge < -0.3 is 5.32 Å². The molecule has 1 aliphatic rings. The molecular weight excluding hydrogens is 324 g/mol. The summed E-state index contributed by atoms with van der Waals surface area (Å²) in [6.45, 7) is 7.13. The number of thiophene rings is 1. The second kappa shape index (κ2) is 7.46. The second-order valence-electron chi connectivity index (χ2n) is 5.69. The molecule has 0 amide bonds. The van der Waals surface area contributed by atoms with Gasteiger partial charge in [-0.25, -0.2) is 13.1 Å².